The van der Waals surface area contributed by atoms with Gasteiger partial charge in [-0.1, -0.05) is 6.07 Å². The SMILES string of the molecule is FCCCN1CC(Nc2ccc([C@@H]3c4ccc5[nH]ncc5c4CCN3CC(F)F)nc2F)C1. The summed E-state index contributed by atoms with van der Waals surface area (Å²) < 4.78 is 54.0. The summed E-state index contributed by atoms with van der Waals surface area (Å²) in [6, 6.07) is 6.62. The number of aromatic amines is 1. The topological polar surface area (TPSA) is 60.1 Å². The molecule has 0 unspecified atom stereocenters. The lowest BCUT2D eigenvalue weighted by Gasteiger charge is -2.40. The number of nitrogens with one attached hydrogen (secondary N) is 2. The molecule has 0 amide bonds. The van der Waals surface area contributed by atoms with Gasteiger partial charge in [0.15, 0.2) is 0 Å². The van der Waals surface area contributed by atoms with E-state index in [2.05, 4.69) is 25.4 Å². The summed E-state index contributed by atoms with van der Waals surface area (Å²) in [5, 5.41) is 11.1. The molecule has 4 heterocycles. The molecule has 1 atom stereocenters. The number of hydrogen-bond donors (Lipinski definition) is 2. The van der Waals surface area contributed by atoms with E-state index in [-0.39, 0.29) is 18.4 Å². The van der Waals surface area contributed by atoms with E-state index in [1.165, 1.54) is 0 Å². The maximum Gasteiger partial charge on any atom is 0.251 e. The molecular weight excluding hydrogens is 436 g/mol. The number of H-pyrrole nitrogens is 1. The number of anilines is 1. The van der Waals surface area contributed by atoms with Crippen LogP contribution in [-0.2, 0) is 6.42 Å². The highest BCUT2D eigenvalue weighted by atomic mass is 19.3. The maximum atomic E-state index is 15.0. The Morgan fingerprint density at radius 2 is 2.03 bits per heavy atom. The first kappa shape index (κ1) is 22.1. The van der Waals surface area contributed by atoms with Crippen LogP contribution in [0.1, 0.15) is 29.3 Å². The molecule has 2 aromatic heterocycles. The van der Waals surface area contributed by atoms with Gasteiger partial charge >= 0.3 is 0 Å². The smallest absolute Gasteiger partial charge is 0.251 e. The summed E-state index contributed by atoms with van der Waals surface area (Å²) in [6.07, 6.45) is 0.347. The second-order valence-corrected chi connectivity index (χ2v) is 8.72. The summed E-state index contributed by atoms with van der Waals surface area (Å²) >= 11 is 0. The van der Waals surface area contributed by atoms with E-state index in [1.54, 1.807) is 23.2 Å². The van der Waals surface area contributed by atoms with Crippen molar-refractivity contribution in [3.63, 3.8) is 0 Å². The lowest BCUT2D eigenvalue weighted by Crippen LogP contribution is -2.54. The van der Waals surface area contributed by atoms with Gasteiger partial charge in [0, 0.05) is 31.6 Å². The first-order chi connectivity index (χ1) is 16.0. The third-order valence-electron chi connectivity index (χ3n) is 6.53. The number of alkyl halides is 3. The molecule has 0 radical (unpaired) electrons. The quantitative estimate of drug-likeness (QED) is 0.394. The van der Waals surface area contributed by atoms with Crippen LogP contribution in [0.2, 0.25) is 0 Å². The standard InChI is InChI=1S/C23H26F4N6/c24-7-1-8-32-11-14(12-32)29-20-5-4-19(30-23(20)27)22-16-2-3-18-17(10-28-31-18)15(16)6-9-33(22)13-21(25)26/h2-5,10,14,21-22,29H,1,6-9,11-13H2,(H,28,31)/t22-/m0/s1. The van der Waals surface area contributed by atoms with Crippen molar-refractivity contribution in [2.45, 2.75) is 31.4 Å². The van der Waals surface area contributed by atoms with E-state index in [9.17, 15) is 17.6 Å². The van der Waals surface area contributed by atoms with Gasteiger partial charge in [0.05, 0.1) is 48.4 Å². The zero-order valence-corrected chi connectivity index (χ0v) is 18.1. The van der Waals surface area contributed by atoms with Crippen molar-refractivity contribution in [1.29, 1.82) is 0 Å². The highest BCUT2D eigenvalue weighted by Gasteiger charge is 2.33. The minimum Gasteiger partial charge on any atom is -0.376 e. The molecule has 33 heavy (non-hydrogen) atoms. The Labute approximate surface area is 189 Å². The fourth-order valence-electron chi connectivity index (χ4n) is 4.98. The number of benzene rings is 1. The van der Waals surface area contributed by atoms with E-state index in [0.29, 0.717) is 31.6 Å². The summed E-state index contributed by atoms with van der Waals surface area (Å²) in [7, 11) is 0. The van der Waals surface area contributed by atoms with E-state index < -0.39 is 25.0 Å². The predicted molar refractivity (Wildman–Crippen MR) is 118 cm³/mol. The van der Waals surface area contributed by atoms with Crippen LogP contribution in [0.25, 0.3) is 10.9 Å². The molecule has 0 spiro atoms. The number of rotatable bonds is 8. The van der Waals surface area contributed by atoms with Gasteiger partial charge < -0.3 is 5.32 Å². The molecule has 1 saturated heterocycles. The number of hydrogen-bond acceptors (Lipinski definition) is 5. The van der Waals surface area contributed by atoms with Crippen molar-refractivity contribution >= 4 is 16.6 Å². The summed E-state index contributed by atoms with van der Waals surface area (Å²) in [6.45, 7) is 1.81. The zero-order chi connectivity index (χ0) is 22.9. The first-order valence-electron chi connectivity index (χ1n) is 11.2. The molecule has 3 aromatic rings. The molecule has 0 saturated carbocycles. The third-order valence-corrected chi connectivity index (χ3v) is 6.53. The maximum absolute atomic E-state index is 15.0. The van der Waals surface area contributed by atoms with Crippen LogP contribution in [0.5, 0.6) is 0 Å². The van der Waals surface area contributed by atoms with Crippen LogP contribution in [0, 0.1) is 5.95 Å². The van der Waals surface area contributed by atoms with Crippen molar-refractivity contribution in [2.24, 2.45) is 0 Å². The minimum absolute atomic E-state index is 0.0758. The van der Waals surface area contributed by atoms with Gasteiger partial charge in [-0.2, -0.15) is 9.49 Å². The van der Waals surface area contributed by atoms with E-state index in [4.69, 9.17) is 0 Å². The van der Waals surface area contributed by atoms with Crippen LogP contribution in [0.15, 0.2) is 30.5 Å². The number of nitrogens with zero attached hydrogens (tertiary/aromatic N) is 4. The van der Waals surface area contributed by atoms with E-state index in [0.717, 1.165) is 35.1 Å². The first-order valence-corrected chi connectivity index (χ1v) is 11.2. The summed E-state index contributed by atoms with van der Waals surface area (Å²) in [5.41, 5.74) is 3.46. The Morgan fingerprint density at radius 1 is 1.18 bits per heavy atom. The van der Waals surface area contributed by atoms with Crippen molar-refractivity contribution in [3.8, 4) is 0 Å². The molecule has 176 valence electrons. The van der Waals surface area contributed by atoms with Crippen LogP contribution in [0.3, 0.4) is 0 Å². The van der Waals surface area contributed by atoms with Crippen LogP contribution >= 0.6 is 0 Å². The average molecular weight is 462 g/mol. The highest BCUT2D eigenvalue weighted by molar-refractivity contribution is 5.83. The van der Waals surface area contributed by atoms with E-state index in [1.807, 2.05) is 12.1 Å². The lowest BCUT2D eigenvalue weighted by molar-refractivity contribution is 0.0695. The molecule has 1 aromatic carbocycles. The molecule has 6 nitrogen and oxygen atoms in total. The summed E-state index contributed by atoms with van der Waals surface area (Å²) in [5.74, 6) is -0.650. The van der Waals surface area contributed by atoms with Gasteiger partial charge in [-0.15, -0.1) is 0 Å². The van der Waals surface area contributed by atoms with Crippen LogP contribution in [0.4, 0.5) is 23.2 Å². The van der Waals surface area contributed by atoms with Gasteiger partial charge in [-0.05, 0) is 42.2 Å². The van der Waals surface area contributed by atoms with Crippen molar-refractivity contribution in [1.82, 2.24) is 25.0 Å². The molecule has 10 heteroatoms. The molecule has 2 N–H and O–H groups in total. The molecular formula is C23H26F4N6. The Balaban J connectivity index is 1.40. The fraction of sp³-hybridized carbons (Fsp3) is 0.478. The van der Waals surface area contributed by atoms with Gasteiger partial charge in [0.25, 0.3) is 6.43 Å². The Hall–Kier alpha value is -2.72. The van der Waals surface area contributed by atoms with Crippen molar-refractivity contribution in [2.75, 3.05) is 44.7 Å². The number of pyridine rings is 1. The third kappa shape index (κ3) is 4.41. The Kier molecular flexibility index (Phi) is 6.20. The molecule has 5 rings (SSSR count). The van der Waals surface area contributed by atoms with Crippen molar-refractivity contribution < 1.29 is 17.6 Å². The van der Waals surface area contributed by atoms with Gasteiger partial charge in [-0.3, -0.25) is 19.3 Å². The second-order valence-electron chi connectivity index (χ2n) is 8.72. The monoisotopic (exact) mass is 462 g/mol. The fourth-order valence-corrected chi connectivity index (χ4v) is 4.98. The number of fused-ring (bicyclic) bond motifs is 3. The number of aromatic nitrogens is 3. The largest absolute Gasteiger partial charge is 0.376 e. The molecule has 2 aliphatic rings. The molecule has 2 aliphatic heterocycles. The summed E-state index contributed by atoms with van der Waals surface area (Å²) in [4.78, 5) is 7.97. The Morgan fingerprint density at radius 3 is 2.79 bits per heavy atom. The van der Waals surface area contributed by atoms with Gasteiger partial charge in [-0.25, -0.2) is 13.8 Å². The average Bonchev–Trinajstić information content (AvgIpc) is 3.25. The second kappa shape index (κ2) is 9.26. The molecule has 1 fully saturated rings. The number of halogens is 4. The zero-order valence-electron chi connectivity index (χ0n) is 18.1. The normalized spacial score (nSPS) is 19.7. The van der Waals surface area contributed by atoms with Crippen LogP contribution in [-0.4, -0.2) is 76.8 Å². The minimum atomic E-state index is -2.50. The highest BCUT2D eigenvalue weighted by Crippen LogP contribution is 2.38. The van der Waals surface area contributed by atoms with Crippen LogP contribution < -0.4 is 5.32 Å². The Bertz CT molecular complexity index is 1110. The van der Waals surface area contributed by atoms with Gasteiger partial charge in [0.1, 0.15) is 0 Å². The van der Waals surface area contributed by atoms with Crippen molar-refractivity contribution in [3.05, 3.63) is 53.2 Å². The van der Waals surface area contributed by atoms with E-state index >= 15 is 0 Å². The predicted octanol–water partition coefficient (Wildman–Crippen LogP) is 3.77. The van der Waals surface area contributed by atoms with Gasteiger partial charge in [0.2, 0.25) is 5.95 Å². The molecule has 0 bridgehead atoms. The molecule has 0 aliphatic carbocycles. The number of likely N-dealkylation sites (tertiary alicyclic amines) is 1. The lowest BCUT2D eigenvalue weighted by atomic mass is 9.88.